The molecule has 2 aromatic carbocycles. The molecule has 0 aliphatic heterocycles. The lowest BCUT2D eigenvalue weighted by atomic mass is 10.0. The molecule has 0 saturated carbocycles. The van der Waals surface area contributed by atoms with Gasteiger partial charge in [-0.3, -0.25) is 4.79 Å². The van der Waals surface area contributed by atoms with Crippen LogP contribution in [0.3, 0.4) is 0 Å². The number of halogens is 3. The van der Waals surface area contributed by atoms with Gasteiger partial charge in [-0.05, 0) is 54.8 Å². The highest BCUT2D eigenvalue weighted by atomic mass is 35.5. The van der Waals surface area contributed by atoms with Crippen LogP contribution in [0.2, 0.25) is 5.02 Å². The smallest absolute Gasteiger partial charge is 0.408 e. The number of pyridine rings is 1. The molecule has 0 spiro atoms. The molecule has 0 radical (unpaired) electrons. The summed E-state index contributed by atoms with van der Waals surface area (Å²) < 4.78 is 38.3. The third kappa shape index (κ3) is 5.09. The number of amides is 2. The molecule has 2 N–H and O–H groups in total. The number of carbonyl (C=O) groups excluding carboxylic acids is 2. The lowest BCUT2D eigenvalue weighted by molar-refractivity contribution is 0.102. The summed E-state index contributed by atoms with van der Waals surface area (Å²) in [7, 11) is 1.48. The van der Waals surface area contributed by atoms with E-state index >= 15 is 0 Å². The minimum Gasteiger partial charge on any atom is -0.481 e. The number of nitrogens with one attached hydrogen (secondary N) is 2. The summed E-state index contributed by atoms with van der Waals surface area (Å²) in [5.41, 5.74) is 1.78. The molecular weight excluding hydrogens is 468 g/mol. The van der Waals surface area contributed by atoms with E-state index in [1.54, 1.807) is 18.2 Å². The van der Waals surface area contributed by atoms with Crippen LogP contribution in [0.25, 0.3) is 0 Å². The van der Waals surface area contributed by atoms with E-state index in [1.807, 2.05) is 0 Å². The van der Waals surface area contributed by atoms with Crippen LogP contribution in [0.15, 0.2) is 48.5 Å². The molecule has 1 aliphatic rings. The van der Waals surface area contributed by atoms with E-state index in [4.69, 9.17) is 21.1 Å². The minimum atomic E-state index is -0.738. The van der Waals surface area contributed by atoms with Crippen LogP contribution in [0.5, 0.6) is 5.88 Å². The van der Waals surface area contributed by atoms with Crippen molar-refractivity contribution in [2.24, 2.45) is 0 Å². The molecule has 0 saturated heterocycles. The molecule has 176 valence electrons. The fraction of sp³-hybridized carbons (Fsp3) is 0.208. The number of ether oxygens (including phenoxy) is 2. The maximum atomic E-state index is 14.7. The first kappa shape index (κ1) is 23.4. The Morgan fingerprint density at radius 2 is 1.94 bits per heavy atom. The maximum Gasteiger partial charge on any atom is 0.408 e. The van der Waals surface area contributed by atoms with Gasteiger partial charge in [0, 0.05) is 22.9 Å². The Labute approximate surface area is 199 Å². The van der Waals surface area contributed by atoms with Crippen molar-refractivity contribution in [1.82, 2.24) is 10.3 Å². The molecule has 3 aromatic rings. The molecule has 2 amide bonds. The van der Waals surface area contributed by atoms with Gasteiger partial charge < -0.3 is 20.1 Å². The SMILES string of the molecule is COc1cccc(COC(=O)N[C@H]2CCc3c(C(=O)Nc4ccc(F)c(Cl)c4)ccc(F)c32)n1. The summed E-state index contributed by atoms with van der Waals surface area (Å²) in [6, 6.07) is 10.8. The molecule has 1 aromatic heterocycles. The van der Waals surface area contributed by atoms with Crippen LogP contribution in [0.1, 0.15) is 39.6 Å². The number of aromatic nitrogens is 1. The van der Waals surface area contributed by atoms with Gasteiger partial charge in [-0.1, -0.05) is 17.7 Å². The monoisotopic (exact) mass is 487 g/mol. The number of methoxy groups -OCH3 is 1. The van der Waals surface area contributed by atoms with E-state index in [0.717, 1.165) is 6.07 Å². The zero-order valence-corrected chi connectivity index (χ0v) is 18.8. The van der Waals surface area contributed by atoms with Gasteiger partial charge in [0.1, 0.15) is 18.2 Å². The van der Waals surface area contributed by atoms with Gasteiger partial charge in [-0.2, -0.15) is 0 Å². The Bertz CT molecular complexity index is 1250. The Morgan fingerprint density at radius 3 is 2.71 bits per heavy atom. The van der Waals surface area contributed by atoms with Crippen molar-refractivity contribution in [1.29, 1.82) is 0 Å². The van der Waals surface area contributed by atoms with Crippen LogP contribution in [0.4, 0.5) is 19.3 Å². The number of nitrogens with zero attached hydrogens (tertiary/aromatic N) is 1. The van der Waals surface area contributed by atoms with Crippen molar-refractivity contribution in [3.8, 4) is 5.88 Å². The molecule has 0 fully saturated rings. The van der Waals surface area contributed by atoms with Crippen molar-refractivity contribution in [2.45, 2.75) is 25.5 Å². The van der Waals surface area contributed by atoms with Gasteiger partial charge in [0.15, 0.2) is 0 Å². The van der Waals surface area contributed by atoms with E-state index in [2.05, 4.69) is 15.6 Å². The fourth-order valence-corrected chi connectivity index (χ4v) is 4.00. The highest BCUT2D eigenvalue weighted by Crippen LogP contribution is 2.36. The van der Waals surface area contributed by atoms with Crippen LogP contribution in [0, 0.1) is 11.6 Å². The van der Waals surface area contributed by atoms with Gasteiger partial charge in [-0.15, -0.1) is 0 Å². The Morgan fingerprint density at radius 1 is 1.15 bits per heavy atom. The molecule has 1 heterocycles. The molecule has 1 atom stereocenters. The molecule has 10 heteroatoms. The number of rotatable bonds is 6. The van der Waals surface area contributed by atoms with Crippen molar-refractivity contribution in [2.75, 3.05) is 12.4 Å². The summed E-state index contributed by atoms with van der Waals surface area (Å²) in [6.07, 6.45) is 0.0334. The second-order valence-corrected chi connectivity index (χ2v) is 7.96. The summed E-state index contributed by atoms with van der Waals surface area (Å²) in [4.78, 5) is 29.3. The fourth-order valence-electron chi connectivity index (χ4n) is 3.82. The third-order valence-electron chi connectivity index (χ3n) is 5.39. The lowest BCUT2D eigenvalue weighted by Crippen LogP contribution is -2.28. The van der Waals surface area contributed by atoms with Crippen LogP contribution < -0.4 is 15.4 Å². The van der Waals surface area contributed by atoms with Crippen LogP contribution >= 0.6 is 11.6 Å². The first-order chi connectivity index (χ1) is 16.4. The first-order valence-electron chi connectivity index (χ1n) is 10.4. The summed E-state index contributed by atoms with van der Waals surface area (Å²) in [5, 5.41) is 5.16. The quantitative estimate of drug-likeness (QED) is 0.499. The highest BCUT2D eigenvalue weighted by Gasteiger charge is 2.31. The van der Waals surface area contributed by atoms with E-state index in [-0.39, 0.29) is 22.8 Å². The summed E-state index contributed by atoms with van der Waals surface area (Å²) >= 11 is 5.77. The maximum absolute atomic E-state index is 14.7. The lowest BCUT2D eigenvalue weighted by Gasteiger charge is -2.16. The van der Waals surface area contributed by atoms with E-state index in [1.165, 1.54) is 31.4 Å². The van der Waals surface area contributed by atoms with Gasteiger partial charge in [0.05, 0.1) is 23.9 Å². The molecule has 0 bridgehead atoms. The van der Waals surface area contributed by atoms with E-state index < -0.39 is 29.7 Å². The van der Waals surface area contributed by atoms with Crippen molar-refractivity contribution >= 4 is 29.3 Å². The second kappa shape index (κ2) is 10.0. The predicted molar refractivity (Wildman–Crippen MR) is 121 cm³/mol. The van der Waals surface area contributed by atoms with Gasteiger partial charge in [0.2, 0.25) is 5.88 Å². The molecule has 4 rings (SSSR count). The standard InChI is InChI=1S/C24H20ClF2N3O4/c1-33-21-4-2-3-14(28-21)12-34-24(32)30-20-10-7-15-16(6-9-19(27)22(15)20)23(31)29-13-5-8-18(26)17(25)11-13/h2-6,8-9,11,20H,7,10,12H2,1H3,(H,29,31)(H,30,32)/t20-/m0/s1. The number of benzene rings is 2. The number of alkyl carbamates (subject to hydrolysis) is 1. The second-order valence-electron chi connectivity index (χ2n) is 7.55. The molecule has 0 unspecified atom stereocenters. The van der Waals surface area contributed by atoms with Crippen molar-refractivity contribution in [3.05, 3.63) is 87.6 Å². The van der Waals surface area contributed by atoms with Crippen LogP contribution in [-0.2, 0) is 17.8 Å². The molecular formula is C24H20ClF2N3O4. The number of carbonyl (C=O) groups is 2. The van der Waals surface area contributed by atoms with Gasteiger partial charge in [-0.25, -0.2) is 18.6 Å². The highest BCUT2D eigenvalue weighted by molar-refractivity contribution is 6.31. The largest absolute Gasteiger partial charge is 0.481 e. The zero-order chi connectivity index (χ0) is 24.2. The summed E-state index contributed by atoms with van der Waals surface area (Å²) in [6.45, 7) is -0.0895. The molecule has 1 aliphatic carbocycles. The van der Waals surface area contributed by atoms with Crippen molar-refractivity contribution in [3.63, 3.8) is 0 Å². The van der Waals surface area contributed by atoms with Crippen molar-refractivity contribution < 1.29 is 27.8 Å². The Kier molecular flexibility index (Phi) is 6.93. The van der Waals surface area contributed by atoms with E-state index in [0.29, 0.717) is 35.7 Å². The number of hydrogen-bond acceptors (Lipinski definition) is 5. The summed E-state index contributed by atoms with van der Waals surface area (Å²) in [5.74, 6) is -1.24. The number of anilines is 1. The Hall–Kier alpha value is -3.72. The first-order valence-corrected chi connectivity index (χ1v) is 10.7. The minimum absolute atomic E-state index is 0.0895. The average molecular weight is 488 g/mol. The molecule has 34 heavy (non-hydrogen) atoms. The third-order valence-corrected chi connectivity index (χ3v) is 5.68. The van der Waals surface area contributed by atoms with Gasteiger partial charge in [0.25, 0.3) is 5.91 Å². The molecule has 7 nitrogen and oxygen atoms in total. The number of fused-ring (bicyclic) bond motifs is 1. The predicted octanol–water partition coefficient (Wildman–Crippen LogP) is 5.19. The normalized spacial score (nSPS) is 14.3. The zero-order valence-electron chi connectivity index (χ0n) is 18.0. The van der Waals surface area contributed by atoms with Crippen LogP contribution in [-0.4, -0.2) is 24.1 Å². The van der Waals surface area contributed by atoms with Gasteiger partial charge >= 0.3 is 6.09 Å². The number of hydrogen-bond donors (Lipinski definition) is 2. The topological polar surface area (TPSA) is 89.5 Å². The van der Waals surface area contributed by atoms with E-state index in [9.17, 15) is 18.4 Å². The average Bonchev–Trinajstić information content (AvgIpc) is 3.24. The Balaban J connectivity index is 1.45.